The van der Waals surface area contributed by atoms with Gasteiger partial charge in [0.05, 0.1) is 31.9 Å². The number of methoxy groups -OCH3 is 2. The van der Waals surface area contributed by atoms with E-state index in [0.29, 0.717) is 30.1 Å². The van der Waals surface area contributed by atoms with Crippen molar-refractivity contribution in [2.75, 3.05) is 37.9 Å². The highest BCUT2D eigenvalue weighted by Crippen LogP contribution is 2.23. The highest BCUT2D eigenvalue weighted by atomic mass is 16.5. The predicted molar refractivity (Wildman–Crippen MR) is 115 cm³/mol. The Hall–Kier alpha value is -4.08. The normalized spacial score (nSPS) is 9.90. The fourth-order valence-electron chi connectivity index (χ4n) is 2.72. The monoisotopic (exact) mass is 428 g/mol. The van der Waals surface area contributed by atoms with Gasteiger partial charge in [-0.25, -0.2) is 0 Å². The number of carbonyl (C=O) groups is 4. The van der Waals surface area contributed by atoms with Gasteiger partial charge in [0, 0.05) is 17.9 Å². The summed E-state index contributed by atoms with van der Waals surface area (Å²) in [7, 11) is 2.85. The molecular weight excluding hydrogens is 404 g/mol. The first-order chi connectivity index (χ1) is 14.9. The first-order valence-electron chi connectivity index (χ1n) is 9.36. The van der Waals surface area contributed by atoms with E-state index in [1.54, 1.807) is 25.1 Å². The summed E-state index contributed by atoms with van der Waals surface area (Å²) in [5.74, 6) is -0.732. The zero-order chi connectivity index (χ0) is 22.8. The van der Waals surface area contributed by atoms with Gasteiger partial charge in [-0.2, -0.15) is 0 Å². The van der Waals surface area contributed by atoms with E-state index in [0.717, 1.165) is 0 Å². The molecule has 0 spiro atoms. The quantitative estimate of drug-likeness (QED) is 0.423. The van der Waals surface area contributed by atoms with Crippen molar-refractivity contribution in [3.63, 3.8) is 0 Å². The maximum absolute atomic E-state index is 12.5. The Balaban J connectivity index is 2.06. The van der Waals surface area contributed by atoms with Gasteiger partial charge in [0.15, 0.2) is 0 Å². The third-order valence-corrected chi connectivity index (χ3v) is 4.14. The van der Waals surface area contributed by atoms with Gasteiger partial charge in [-0.05, 0) is 43.3 Å². The molecular formula is C21H24N4O6. The van der Waals surface area contributed by atoms with E-state index in [1.165, 1.54) is 32.4 Å². The molecule has 2 rings (SSSR count). The number of ether oxygens (including phenoxy) is 2. The number of hydrogen-bond donors (Lipinski definition) is 4. The molecule has 0 saturated carbocycles. The summed E-state index contributed by atoms with van der Waals surface area (Å²) >= 11 is 0. The molecule has 0 aliphatic rings. The number of benzene rings is 2. The van der Waals surface area contributed by atoms with Crippen LogP contribution in [0.1, 0.15) is 27.6 Å². The van der Waals surface area contributed by atoms with Crippen molar-refractivity contribution in [3.05, 3.63) is 47.5 Å². The molecule has 10 heteroatoms. The molecule has 0 bridgehead atoms. The molecule has 0 fully saturated rings. The Morgan fingerprint density at radius 1 is 0.871 bits per heavy atom. The number of amides is 4. The van der Waals surface area contributed by atoms with Crippen LogP contribution in [0.4, 0.5) is 11.4 Å². The summed E-state index contributed by atoms with van der Waals surface area (Å²) in [6.07, 6.45) is 0.487. The second kappa shape index (κ2) is 11.2. The molecule has 0 atom stereocenters. The lowest BCUT2D eigenvalue weighted by atomic mass is 10.1. The molecule has 2 aromatic carbocycles. The number of hydrogen-bond acceptors (Lipinski definition) is 6. The smallest absolute Gasteiger partial charge is 0.255 e. The summed E-state index contributed by atoms with van der Waals surface area (Å²) < 4.78 is 10.3. The Morgan fingerprint density at radius 2 is 1.42 bits per heavy atom. The Bertz CT molecular complexity index is 976. The molecule has 164 valence electrons. The van der Waals surface area contributed by atoms with E-state index in [9.17, 15) is 19.2 Å². The van der Waals surface area contributed by atoms with Crippen molar-refractivity contribution in [2.45, 2.75) is 6.92 Å². The number of nitrogens with one attached hydrogen (secondary N) is 4. The molecule has 31 heavy (non-hydrogen) atoms. The summed E-state index contributed by atoms with van der Waals surface area (Å²) in [5.41, 5.74) is 1.21. The van der Waals surface area contributed by atoms with Crippen molar-refractivity contribution < 1.29 is 28.7 Å². The van der Waals surface area contributed by atoms with Crippen molar-refractivity contribution in [1.82, 2.24) is 10.6 Å². The number of anilines is 2. The Morgan fingerprint density at radius 3 is 1.97 bits per heavy atom. The van der Waals surface area contributed by atoms with E-state index in [-0.39, 0.29) is 29.3 Å². The second-order valence-corrected chi connectivity index (χ2v) is 6.18. The van der Waals surface area contributed by atoms with Crippen LogP contribution < -0.4 is 30.7 Å². The van der Waals surface area contributed by atoms with Gasteiger partial charge in [-0.3, -0.25) is 19.2 Å². The lowest BCUT2D eigenvalue weighted by molar-refractivity contribution is -0.115. The van der Waals surface area contributed by atoms with Crippen LogP contribution >= 0.6 is 0 Å². The van der Waals surface area contributed by atoms with Gasteiger partial charge in [0.1, 0.15) is 11.5 Å². The molecule has 2 aromatic rings. The van der Waals surface area contributed by atoms with Crippen LogP contribution in [-0.4, -0.2) is 51.4 Å². The molecule has 0 aromatic heterocycles. The SMILES string of the molecule is CCNC(=O)c1cc(NC(=O)CNC(=O)c2cc(NC=O)ccc2OC)ccc1OC. The molecule has 4 amide bonds. The second-order valence-electron chi connectivity index (χ2n) is 6.18. The van der Waals surface area contributed by atoms with E-state index in [4.69, 9.17) is 9.47 Å². The largest absolute Gasteiger partial charge is 0.496 e. The zero-order valence-corrected chi connectivity index (χ0v) is 17.4. The zero-order valence-electron chi connectivity index (χ0n) is 17.4. The molecule has 0 saturated heterocycles. The lowest BCUT2D eigenvalue weighted by Crippen LogP contribution is -2.33. The molecule has 0 radical (unpaired) electrons. The van der Waals surface area contributed by atoms with Crippen molar-refractivity contribution >= 4 is 35.5 Å². The lowest BCUT2D eigenvalue weighted by Gasteiger charge is -2.13. The maximum atomic E-state index is 12.5. The van der Waals surface area contributed by atoms with Crippen LogP contribution in [0.25, 0.3) is 0 Å². The summed E-state index contributed by atoms with van der Waals surface area (Å²) in [5, 5.41) is 10.2. The van der Waals surface area contributed by atoms with Gasteiger partial charge in [-0.15, -0.1) is 0 Å². The minimum absolute atomic E-state index is 0.158. The van der Waals surface area contributed by atoms with Gasteiger partial charge in [0.25, 0.3) is 11.8 Å². The fraction of sp³-hybridized carbons (Fsp3) is 0.238. The Kier molecular flexibility index (Phi) is 8.38. The molecule has 0 aliphatic carbocycles. The van der Waals surface area contributed by atoms with Gasteiger partial charge in [0.2, 0.25) is 12.3 Å². The Labute approximate surface area is 179 Å². The molecule has 0 heterocycles. The van der Waals surface area contributed by atoms with E-state index in [1.807, 2.05) is 0 Å². The van der Waals surface area contributed by atoms with Gasteiger partial charge >= 0.3 is 0 Å². The highest BCUT2D eigenvalue weighted by molar-refractivity contribution is 6.03. The standard InChI is InChI=1S/C21H24N4O6/c1-4-22-20(28)16-10-14(6-8-18(16)31-3)25-19(27)11-23-21(29)15-9-13(24-12-26)5-7-17(15)30-2/h5-10,12H,4,11H2,1-3H3,(H,22,28)(H,23,29)(H,24,26)(H,25,27). The van der Waals surface area contributed by atoms with Crippen LogP contribution in [0.3, 0.4) is 0 Å². The molecule has 4 N–H and O–H groups in total. The summed E-state index contributed by atoms with van der Waals surface area (Å²) in [6.45, 7) is 1.91. The summed E-state index contributed by atoms with van der Waals surface area (Å²) in [4.78, 5) is 47.5. The number of rotatable bonds is 10. The number of carbonyl (C=O) groups excluding carboxylic acids is 4. The third kappa shape index (κ3) is 6.20. The maximum Gasteiger partial charge on any atom is 0.255 e. The van der Waals surface area contributed by atoms with Crippen LogP contribution in [0.2, 0.25) is 0 Å². The fourth-order valence-corrected chi connectivity index (χ4v) is 2.72. The van der Waals surface area contributed by atoms with Crippen LogP contribution in [0.15, 0.2) is 36.4 Å². The van der Waals surface area contributed by atoms with E-state index >= 15 is 0 Å². The minimum atomic E-state index is -0.556. The van der Waals surface area contributed by atoms with Gasteiger partial charge in [-0.1, -0.05) is 0 Å². The molecule has 0 unspecified atom stereocenters. The first kappa shape index (κ1) is 23.2. The average Bonchev–Trinajstić information content (AvgIpc) is 2.77. The van der Waals surface area contributed by atoms with E-state index in [2.05, 4.69) is 21.3 Å². The van der Waals surface area contributed by atoms with Gasteiger partial charge < -0.3 is 30.7 Å². The van der Waals surface area contributed by atoms with Crippen LogP contribution in [-0.2, 0) is 9.59 Å². The van der Waals surface area contributed by atoms with Crippen molar-refractivity contribution in [2.24, 2.45) is 0 Å². The van der Waals surface area contributed by atoms with E-state index < -0.39 is 11.8 Å². The first-order valence-corrected chi connectivity index (χ1v) is 9.36. The third-order valence-electron chi connectivity index (χ3n) is 4.14. The van der Waals surface area contributed by atoms with Crippen LogP contribution in [0, 0.1) is 0 Å². The van der Waals surface area contributed by atoms with Crippen molar-refractivity contribution in [3.8, 4) is 11.5 Å². The van der Waals surface area contributed by atoms with Crippen LogP contribution in [0.5, 0.6) is 11.5 Å². The highest BCUT2D eigenvalue weighted by Gasteiger charge is 2.16. The van der Waals surface area contributed by atoms with Crippen molar-refractivity contribution in [1.29, 1.82) is 0 Å². The average molecular weight is 428 g/mol. The molecule has 0 aliphatic heterocycles. The predicted octanol–water partition coefficient (Wildman–Crippen LogP) is 1.39. The summed E-state index contributed by atoms with van der Waals surface area (Å²) in [6, 6.07) is 9.17. The minimum Gasteiger partial charge on any atom is -0.496 e. The molecule has 10 nitrogen and oxygen atoms in total. The topological polar surface area (TPSA) is 135 Å².